The number of carboxylic acids is 1. The summed E-state index contributed by atoms with van der Waals surface area (Å²) in [7, 11) is 0. The molecule has 0 spiro atoms. The van der Waals surface area contributed by atoms with Gasteiger partial charge >= 0.3 is 5.97 Å². The number of aryl methyl sites for hydroxylation is 1. The van der Waals surface area contributed by atoms with E-state index in [2.05, 4.69) is 66.2 Å². The molecule has 5 rings (SSSR count). The zero-order chi connectivity index (χ0) is 28.4. The second kappa shape index (κ2) is 15.0. The Balaban J connectivity index is 1.36. The van der Waals surface area contributed by atoms with Gasteiger partial charge in [0.15, 0.2) is 6.29 Å². The second-order valence-corrected chi connectivity index (χ2v) is 12.3. The Labute approximate surface area is 247 Å². The van der Waals surface area contributed by atoms with Crippen LogP contribution in [0.2, 0.25) is 0 Å². The number of aromatic nitrogens is 2. The van der Waals surface area contributed by atoms with E-state index < -0.39 is 5.97 Å². The molecule has 0 bridgehead atoms. The third-order valence-corrected chi connectivity index (χ3v) is 8.94. The first-order chi connectivity index (χ1) is 20.1. The highest BCUT2D eigenvalue weighted by Crippen LogP contribution is 2.41. The number of carboxylic acid groups (broad SMARTS) is 1. The first-order valence-corrected chi connectivity index (χ1v) is 15.9. The molecule has 2 aromatic carbocycles. The molecule has 41 heavy (non-hydrogen) atoms. The van der Waals surface area contributed by atoms with Crippen LogP contribution >= 0.6 is 11.8 Å². The van der Waals surface area contributed by atoms with Crippen molar-refractivity contribution in [3.05, 3.63) is 60.2 Å². The second-order valence-electron chi connectivity index (χ2n) is 11.3. The molecule has 2 heterocycles. The third-order valence-electron chi connectivity index (χ3n) is 8.01. The molecule has 1 atom stereocenters. The van der Waals surface area contributed by atoms with E-state index in [1.165, 1.54) is 27.9 Å². The Morgan fingerprint density at radius 2 is 1.80 bits per heavy atom. The minimum Gasteiger partial charge on any atom is -0.480 e. The molecule has 1 aliphatic heterocycles. The van der Waals surface area contributed by atoms with E-state index in [1.807, 2.05) is 0 Å². The Morgan fingerprint density at radius 3 is 2.54 bits per heavy atom. The smallest absolute Gasteiger partial charge is 0.329 e. The van der Waals surface area contributed by atoms with Crippen molar-refractivity contribution < 1.29 is 24.1 Å². The van der Waals surface area contributed by atoms with Gasteiger partial charge in [0.1, 0.15) is 11.6 Å². The van der Waals surface area contributed by atoms with Gasteiger partial charge < -0.3 is 19.3 Å². The number of benzene rings is 2. The van der Waals surface area contributed by atoms with Gasteiger partial charge in [-0.2, -0.15) is 5.10 Å². The molecule has 0 radical (unpaired) electrons. The number of hydrogen-bond acceptors (Lipinski definition) is 6. The van der Waals surface area contributed by atoms with Crippen molar-refractivity contribution in [3.63, 3.8) is 0 Å². The lowest BCUT2D eigenvalue weighted by Gasteiger charge is -2.28. The molecule has 2 fully saturated rings. The van der Waals surface area contributed by atoms with E-state index in [1.54, 1.807) is 11.8 Å². The minimum absolute atomic E-state index is 0.0808. The van der Waals surface area contributed by atoms with Crippen LogP contribution < -0.4 is 0 Å². The predicted octanol–water partition coefficient (Wildman–Crippen LogP) is 7.07. The number of rotatable bonds is 13. The maximum absolute atomic E-state index is 10.8. The summed E-state index contributed by atoms with van der Waals surface area (Å²) in [6.07, 6.45) is 7.46. The topological polar surface area (TPSA) is 82.8 Å². The number of ether oxygens (including phenoxy) is 3. The molecule has 220 valence electrons. The van der Waals surface area contributed by atoms with Crippen LogP contribution in [0.1, 0.15) is 50.5 Å². The van der Waals surface area contributed by atoms with Crippen molar-refractivity contribution in [2.24, 2.45) is 11.8 Å². The summed E-state index contributed by atoms with van der Waals surface area (Å²) in [4.78, 5) is 10.8. The van der Waals surface area contributed by atoms with Crippen LogP contribution in [0.4, 0.5) is 0 Å². The van der Waals surface area contributed by atoms with Crippen LogP contribution in [0.3, 0.4) is 0 Å². The summed E-state index contributed by atoms with van der Waals surface area (Å²) in [5.41, 5.74) is 5.95. The molecule has 3 aromatic rings. The first kappa shape index (κ1) is 29.8. The van der Waals surface area contributed by atoms with Gasteiger partial charge in [-0.1, -0.05) is 60.2 Å². The molecule has 1 aliphatic carbocycles. The summed E-state index contributed by atoms with van der Waals surface area (Å²) in [5.74, 6) is 0.852. The molecule has 0 amide bonds. The van der Waals surface area contributed by atoms with Gasteiger partial charge in [0, 0.05) is 30.0 Å². The summed E-state index contributed by atoms with van der Waals surface area (Å²) < 4.78 is 19.4. The standard InChI is InChI=1S/C33H42N2O5S/c1-24-8-7-11-28(20-24)31-32(27-9-3-2-4-10-27)35(21-25-13-15-26(16-14-25)22-38-23-29(36)37)34-33(31)41-19-18-40-30-12-5-6-17-39-30/h2-4,7-11,20,25-26,30H,5-6,12-19,21-23H2,1H3,(H,36,37)/t25-,26-,30?. The SMILES string of the molecule is Cc1cccc(-c2c(SCCOC3CCCCO3)nn(C[C@H]3CC[C@H](COCC(=O)O)CC3)c2-c2ccccc2)c1. The number of carbonyl (C=O) groups is 1. The van der Waals surface area contributed by atoms with Crippen molar-refractivity contribution in [1.29, 1.82) is 0 Å². The molecule has 1 aromatic heterocycles. The van der Waals surface area contributed by atoms with Crippen LogP contribution in [0.5, 0.6) is 0 Å². The van der Waals surface area contributed by atoms with Gasteiger partial charge in [0.05, 0.1) is 18.9 Å². The quantitative estimate of drug-likeness (QED) is 0.172. The molecule has 1 N–H and O–H groups in total. The fourth-order valence-electron chi connectivity index (χ4n) is 5.92. The van der Waals surface area contributed by atoms with Crippen LogP contribution in [0.15, 0.2) is 59.6 Å². The Hall–Kier alpha value is -2.65. The van der Waals surface area contributed by atoms with E-state index in [0.29, 0.717) is 25.0 Å². The fraction of sp³-hybridized carbons (Fsp3) is 0.515. The average molecular weight is 579 g/mol. The maximum Gasteiger partial charge on any atom is 0.329 e. The summed E-state index contributed by atoms with van der Waals surface area (Å²) in [5, 5.41) is 15.2. The third kappa shape index (κ3) is 8.44. The Bertz CT molecular complexity index is 1250. The highest BCUT2D eigenvalue weighted by molar-refractivity contribution is 7.99. The molecule has 1 saturated carbocycles. The van der Waals surface area contributed by atoms with E-state index in [4.69, 9.17) is 24.4 Å². The van der Waals surface area contributed by atoms with Crippen LogP contribution in [-0.4, -0.2) is 59.3 Å². The van der Waals surface area contributed by atoms with Gasteiger partial charge in [-0.05, 0) is 69.3 Å². The highest BCUT2D eigenvalue weighted by atomic mass is 32.2. The molecule has 8 heteroatoms. The van der Waals surface area contributed by atoms with Gasteiger partial charge in [0.25, 0.3) is 0 Å². The largest absolute Gasteiger partial charge is 0.480 e. The molecule has 1 saturated heterocycles. The normalized spacial score (nSPS) is 21.1. The zero-order valence-electron chi connectivity index (χ0n) is 24.0. The Kier molecular flexibility index (Phi) is 10.9. The number of aliphatic carboxylic acids is 1. The van der Waals surface area contributed by atoms with Gasteiger partial charge in [-0.25, -0.2) is 4.79 Å². The van der Waals surface area contributed by atoms with Crippen LogP contribution in [-0.2, 0) is 25.5 Å². The van der Waals surface area contributed by atoms with E-state index in [-0.39, 0.29) is 12.9 Å². The molecule has 2 aliphatic rings. The van der Waals surface area contributed by atoms with Crippen molar-refractivity contribution in [1.82, 2.24) is 9.78 Å². The van der Waals surface area contributed by atoms with Crippen LogP contribution in [0, 0.1) is 18.8 Å². The summed E-state index contributed by atoms with van der Waals surface area (Å²) >= 11 is 1.76. The predicted molar refractivity (Wildman–Crippen MR) is 162 cm³/mol. The molecule has 1 unspecified atom stereocenters. The van der Waals surface area contributed by atoms with E-state index >= 15 is 0 Å². The van der Waals surface area contributed by atoms with E-state index in [9.17, 15) is 4.79 Å². The van der Waals surface area contributed by atoms with Crippen molar-refractivity contribution in [3.8, 4) is 22.4 Å². The van der Waals surface area contributed by atoms with Crippen molar-refractivity contribution in [2.75, 3.05) is 32.2 Å². The maximum atomic E-state index is 10.8. The van der Waals surface area contributed by atoms with Gasteiger partial charge in [-0.3, -0.25) is 4.68 Å². The fourth-order valence-corrected chi connectivity index (χ4v) is 6.81. The lowest BCUT2D eigenvalue weighted by molar-refractivity contribution is -0.158. The molecular formula is C33H42N2O5S. The van der Waals surface area contributed by atoms with Gasteiger partial charge in [-0.15, -0.1) is 11.8 Å². The lowest BCUT2D eigenvalue weighted by Crippen LogP contribution is -2.23. The average Bonchev–Trinajstić information content (AvgIpc) is 3.35. The number of hydrogen-bond donors (Lipinski definition) is 1. The summed E-state index contributed by atoms with van der Waals surface area (Å²) in [6, 6.07) is 19.3. The molecule has 7 nitrogen and oxygen atoms in total. The van der Waals surface area contributed by atoms with Gasteiger partial charge in [0.2, 0.25) is 0 Å². The number of nitrogens with zero attached hydrogens (tertiary/aromatic N) is 2. The minimum atomic E-state index is -0.905. The molecular weight excluding hydrogens is 536 g/mol. The zero-order valence-corrected chi connectivity index (χ0v) is 24.8. The summed E-state index contributed by atoms with van der Waals surface area (Å²) in [6.45, 7) is 4.73. The first-order valence-electron chi connectivity index (χ1n) is 15.0. The van der Waals surface area contributed by atoms with Crippen LogP contribution in [0.25, 0.3) is 22.4 Å². The number of thioether (sulfide) groups is 1. The van der Waals surface area contributed by atoms with Crippen molar-refractivity contribution in [2.45, 2.75) is 69.7 Å². The monoisotopic (exact) mass is 578 g/mol. The van der Waals surface area contributed by atoms with E-state index in [0.717, 1.165) is 68.9 Å². The van der Waals surface area contributed by atoms with Crippen molar-refractivity contribution >= 4 is 17.7 Å². The lowest BCUT2D eigenvalue weighted by atomic mass is 9.82. The Morgan fingerprint density at radius 1 is 1.02 bits per heavy atom. The highest BCUT2D eigenvalue weighted by Gasteiger charge is 2.26.